The zero-order chi connectivity index (χ0) is 12.7. The summed E-state index contributed by atoms with van der Waals surface area (Å²) in [5, 5.41) is -0.245. The van der Waals surface area contributed by atoms with Gasteiger partial charge in [-0.1, -0.05) is 19.1 Å². The maximum Gasteiger partial charge on any atom is 0.323 e. The van der Waals surface area contributed by atoms with Crippen LogP contribution < -0.4 is 4.74 Å². The molecule has 0 fully saturated rings. The molecule has 0 heterocycles. The zero-order valence-corrected chi connectivity index (χ0v) is 11.3. The van der Waals surface area contributed by atoms with E-state index in [2.05, 4.69) is 0 Å². The van der Waals surface area contributed by atoms with Crippen LogP contribution in [0.2, 0.25) is 0 Å². The van der Waals surface area contributed by atoms with Gasteiger partial charge < -0.3 is 9.47 Å². The Morgan fingerprint density at radius 2 is 1.94 bits per heavy atom. The van der Waals surface area contributed by atoms with Gasteiger partial charge in [-0.15, -0.1) is 11.8 Å². The maximum atomic E-state index is 11.8. The molecule has 0 saturated carbocycles. The number of thioether (sulfide) groups is 1. The summed E-state index contributed by atoms with van der Waals surface area (Å²) >= 11 is 1.58. The summed E-state index contributed by atoms with van der Waals surface area (Å²) in [5.74, 6) is 1.48. The highest BCUT2D eigenvalue weighted by Crippen LogP contribution is 2.31. The molecule has 0 aromatic heterocycles. The van der Waals surface area contributed by atoms with Crippen LogP contribution in [-0.2, 0) is 9.53 Å². The Morgan fingerprint density at radius 3 is 2.41 bits per heavy atom. The van der Waals surface area contributed by atoms with Gasteiger partial charge in [-0.2, -0.15) is 0 Å². The third-order valence-electron chi connectivity index (χ3n) is 2.25. The normalized spacial score (nSPS) is 11.9. The molecule has 1 rings (SSSR count). The van der Waals surface area contributed by atoms with Crippen LogP contribution in [0.4, 0.5) is 0 Å². The van der Waals surface area contributed by atoms with Crippen LogP contribution in [0.3, 0.4) is 0 Å². The number of rotatable bonds is 6. The molecule has 1 aromatic rings. The quantitative estimate of drug-likeness (QED) is 0.731. The first kappa shape index (κ1) is 13.9. The Morgan fingerprint density at radius 1 is 1.29 bits per heavy atom. The molecule has 1 unspecified atom stereocenters. The van der Waals surface area contributed by atoms with Crippen LogP contribution >= 0.6 is 11.8 Å². The lowest BCUT2D eigenvalue weighted by molar-refractivity contribution is -0.142. The summed E-state index contributed by atoms with van der Waals surface area (Å²) in [6.07, 6.45) is 0. The minimum absolute atomic E-state index is 0.176. The van der Waals surface area contributed by atoms with Crippen LogP contribution in [-0.4, -0.2) is 25.4 Å². The highest BCUT2D eigenvalue weighted by atomic mass is 32.2. The van der Waals surface area contributed by atoms with Crippen molar-refractivity contribution in [3.8, 4) is 5.75 Å². The number of esters is 1. The monoisotopic (exact) mass is 254 g/mol. The van der Waals surface area contributed by atoms with Gasteiger partial charge in [0.2, 0.25) is 0 Å². The molecule has 1 atom stereocenters. The minimum atomic E-state index is -0.245. The lowest BCUT2D eigenvalue weighted by Crippen LogP contribution is -2.13. The van der Waals surface area contributed by atoms with E-state index in [0.717, 1.165) is 17.1 Å². The smallest absolute Gasteiger partial charge is 0.323 e. The van der Waals surface area contributed by atoms with E-state index in [4.69, 9.17) is 9.47 Å². The van der Waals surface area contributed by atoms with E-state index in [1.165, 1.54) is 0 Å². The van der Waals surface area contributed by atoms with Gasteiger partial charge in [0, 0.05) is 0 Å². The van der Waals surface area contributed by atoms with Crippen molar-refractivity contribution >= 4 is 17.7 Å². The summed E-state index contributed by atoms with van der Waals surface area (Å²) in [5.41, 5.74) is 0.955. The molecule has 0 radical (unpaired) electrons. The molecule has 0 aliphatic rings. The van der Waals surface area contributed by atoms with Gasteiger partial charge in [-0.25, -0.2) is 0 Å². The van der Waals surface area contributed by atoms with Gasteiger partial charge in [0.15, 0.2) is 0 Å². The number of ether oxygens (including phenoxy) is 2. The molecule has 0 aliphatic carbocycles. The predicted octanol–water partition coefficient (Wildman–Crippen LogP) is 3.05. The largest absolute Gasteiger partial charge is 0.497 e. The molecular formula is C13H18O3S. The summed E-state index contributed by atoms with van der Waals surface area (Å²) < 4.78 is 10.2. The molecule has 3 nitrogen and oxygen atoms in total. The molecular weight excluding hydrogens is 236 g/mol. The number of carbonyl (C=O) groups excluding carboxylic acids is 1. The van der Waals surface area contributed by atoms with E-state index in [1.807, 2.05) is 38.1 Å². The van der Waals surface area contributed by atoms with Crippen LogP contribution in [0.1, 0.15) is 24.7 Å². The van der Waals surface area contributed by atoms with E-state index in [9.17, 15) is 4.79 Å². The van der Waals surface area contributed by atoms with Crippen molar-refractivity contribution < 1.29 is 14.3 Å². The third kappa shape index (κ3) is 3.97. The van der Waals surface area contributed by atoms with E-state index in [0.29, 0.717) is 6.61 Å². The molecule has 0 aliphatic heterocycles. The lowest BCUT2D eigenvalue weighted by Gasteiger charge is -2.15. The molecule has 17 heavy (non-hydrogen) atoms. The van der Waals surface area contributed by atoms with Gasteiger partial charge in [-0.05, 0) is 30.4 Å². The fourth-order valence-electron chi connectivity index (χ4n) is 1.46. The Hall–Kier alpha value is -1.16. The van der Waals surface area contributed by atoms with Crippen LogP contribution in [0.25, 0.3) is 0 Å². The summed E-state index contributed by atoms with van der Waals surface area (Å²) in [7, 11) is 1.62. The van der Waals surface area contributed by atoms with Crippen molar-refractivity contribution in [1.29, 1.82) is 0 Å². The first-order valence-electron chi connectivity index (χ1n) is 5.65. The van der Waals surface area contributed by atoms with Crippen molar-refractivity contribution in [2.24, 2.45) is 0 Å². The average molecular weight is 254 g/mol. The first-order valence-corrected chi connectivity index (χ1v) is 6.70. The molecule has 0 saturated heterocycles. The summed E-state index contributed by atoms with van der Waals surface area (Å²) in [6.45, 7) is 4.26. The molecule has 0 spiro atoms. The third-order valence-corrected chi connectivity index (χ3v) is 3.38. The second kappa shape index (κ2) is 7.22. The number of hydrogen-bond acceptors (Lipinski definition) is 4. The second-order valence-corrected chi connectivity index (χ2v) is 4.74. The molecule has 94 valence electrons. The Labute approximate surface area is 106 Å². The number of hydrogen-bond donors (Lipinski definition) is 0. The fourth-order valence-corrected chi connectivity index (χ4v) is 2.35. The van der Waals surface area contributed by atoms with Gasteiger partial charge >= 0.3 is 5.97 Å². The van der Waals surface area contributed by atoms with Crippen molar-refractivity contribution in [2.45, 2.75) is 19.1 Å². The summed E-state index contributed by atoms with van der Waals surface area (Å²) in [4.78, 5) is 11.8. The van der Waals surface area contributed by atoms with E-state index in [1.54, 1.807) is 18.9 Å². The highest BCUT2D eigenvalue weighted by molar-refractivity contribution is 8.00. The van der Waals surface area contributed by atoms with Gasteiger partial charge in [0.05, 0.1) is 13.7 Å². The molecule has 0 bridgehead atoms. The topological polar surface area (TPSA) is 35.5 Å². The van der Waals surface area contributed by atoms with Crippen molar-refractivity contribution in [3.63, 3.8) is 0 Å². The van der Waals surface area contributed by atoms with E-state index < -0.39 is 0 Å². The highest BCUT2D eigenvalue weighted by Gasteiger charge is 2.21. The van der Waals surface area contributed by atoms with Crippen LogP contribution in [0.5, 0.6) is 5.75 Å². The van der Waals surface area contributed by atoms with Gasteiger partial charge in [0.25, 0.3) is 0 Å². The number of benzene rings is 1. The molecule has 1 aromatic carbocycles. The fraction of sp³-hybridized carbons (Fsp3) is 0.462. The van der Waals surface area contributed by atoms with Crippen molar-refractivity contribution in [2.75, 3.05) is 19.5 Å². The Bertz CT molecular complexity index is 348. The van der Waals surface area contributed by atoms with Crippen LogP contribution in [0.15, 0.2) is 24.3 Å². The Kier molecular flexibility index (Phi) is 5.91. The van der Waals surface area contributed by atoms with Gasteiger partial charge in [-0.3, -0.25) is 4.79 Å². The average Bonchev–Trinajstić information content (AvgIpc) is 2.36. The maximum absolute atomic E-state index is 11.8. The number of carbonyl (C=O) groups is 1. The number of methoxy groups -OCH3 is 1. The standard InChI is InChI=1S/C13H18O3S/c1-4-16-13(14)12(17-5-2)10-6-8-11(15-3)9-7-10/h6-9,12H,4-5H2,1-3H3. The minimum Gasteiger partial charge on any atom is -0.497 e. The zero-order valence-electron chi connectivity index (χ0n) is 10.4. The summed E-state index contributed by atoms with van der Waals surface area (Å²) in [6, 6.07) is 7.53. The van der Waals surface area contributed by atoms with Crippen molar-refractivity contribution in [1.82, 2.24) is 0 Å². The van der Waals surface area contributed by atoms with Gasteiger partial charge in [0.1, 0.15) is 11.0 Å². The van der Waals surface area contributed by atoms with Crippen molar-refractivity contribution in [3.05, 3.63) is 29.8 Å². The molecule has 0 amide bonds. The first-order chi connectivity index (χ1) is 8.22. The van der Waals surface area contributed by atoms with E-state index >= 15 is 0 Å². The van der Waals surface area contributed by atoms with E-state index in [-0.39, 0.29) is 11.2 Å². The molecule has 4 heteroatoms. The molecule has 0 N–H and O–H groups in total. The SMILES string of the molecule is CCOC(=O)C(SCC)c1ccc(OC)cc1. The lowest BCUT2D eigenvalue weighted by atomic mass is 10.1. The predicted molar refractivity (Wildman–Crippen MR) is 70.5 cm³/mol. The second-order valence-electron chi connectivity index (χ2n) is 3.36. The Balaban J connectivity index is 2.84. The van der Waals surface area contributed by atoms with Crippen LogP contribution in [0, 0.1) is 0 Å².